The van der Waals surface area contributed by atoms with Gasteiger partial charge in [-0.1, -0.05) is 54.6 Å². The molecule has 8 N–H and O–H groups in total. The number of carbonyl (C=O) groups is 3. The molecule has 3 aromatic carbocycles. The van der Waals surface area contributed by atoms with E-state index in [9.17, 15) is 19.5 Å². The van der Waals surface area contributed by atoms with Gasteiger partial charge in [0.1, 0.15) is 18.2 Å². The highest BCUT2D eigenvalue weighted by Gasteiger charge is 2.19. The van der Waals surface area contributed by atoms with Crippen LogP contribution < -0.4 is 32.3 Å². The summed E-state index contributed by atoms with van der Waals surface area (Å²) in [6.07, 6.45) is 3.68. The number of aryl methyl sites for hydroxylation is 1. The predicted molar refractivity (Wildman–Crippen MR) is 233 cm³/mol. The van der Waals surface area contributed by atoms with Crippen molar-refractivity contribution in [2.45, 2.75) is 32.2 Å². The Morgan fingerprint density at radius 3 is 2.15 bits per heavy atom. The number of ether oxygens (including phenoxy) is 5. The van der Waals surface area contributed by atoms with Crippen molar-refractivity contribution < 1.29 is 43.2 Å². The monoisotopic (exact) mass is 847 g/mol. The number of nitrogens with two attached hydrogens (primary N) is 2. The minimum atomic E-state index is -1.06. The van der Waals surface area contributed by atoms with Crippen molar-refractivity contribution in [2.24, 2.45) is 11.6 Å². The van der Waals surface area contributed by atoms with Gasteiger partial charge in [0.2, 0.25) is 11.8 Å². The Labute approximate surface area is 356 Å². The number of amides is 2. The van der Waals surface area contributed by atoms with E-state index >= 15 is 0 Å². The molecular weight excluding hydrogens is 791 g/mol. The van der Waals surface area contributed by atoms with Crippen molar-refractivity contribution in [3.63, 3.8) is 0 Å². The van der Waals surface area contributed by atoms with Crippen molar-refractivity contribution in [1.82, 2.24) is 20.6 Å². The minimum Gasteiger partial charge on any atom is -0.491 e. The Morgan fingerprint density at radius 2 is 1.50 bits per heavy atom. The predicted octanol–water partition coefficient (Wildman–Crippen LogP) is 4.16. The lowest BCUT2D eigenvalue weighted by Crippen LogP contribution is -2.39. The third-order valence-corrected chi connectivity index (χ3v) is 8.98. The second-order valence-corrected chi connectivity index (χ2v) is 14.1. The summed E-state index contributed by atoms with van der Waals surface area (Å²) < 4.78 is 28.3. The summed E-state index contributed by atoms with van der Waals surface area (Å²) in [5.74, 6) is 5.34. The van der Waals surface area contributed by atoms with E-state index in [1.165, 1.54) is 11.2 Å². The van der Waals surface area contributed by atoms with Gasteiger partial charge in [-0.05, 0) is 59.2 Å². The summed E-state index contributed by atoms with van der Waals surface area (Å²) in [6, 6.07) is 22.3. The molecule has 0 bridgehead atoms. The van der Waals surface area contributed by atoms with Crippen LogP contribution in [0.2, 0.25) is 0 Å². The average Bonchev–Trinajstić information content (AvgIpc) is 3.22. The van der Waals surface area contributed by atoms with Gasteiger partial charge in [-0.15, -0.1) is 12.6 Å². The van der Waals surface area contributed by atoms with Gasteiger partial charge in [0, 0.05) is 30.7 Å². The molecule has 0 radical (unpaired) electrons. The van der Waals surface area contributed by atoms with Gasteiger partial charge < -0.3 is 55.5 Å². The van der Waals surface area contributed by atoms with Crippen LogP contribution in [0, 0.1) is 6.92 Å². The number of thiol groups is 1. The molecule has 324 valence electrons. The number of carboxylic acids is 1. The van der Waals surface area contributed by atoms with E-state index in [1.807, 2.05) is 67.6 Å². The highest BCUT2D eigenvalue weighted by molar-refractivity contribution is 7.84. The largest absolute Gasteiger partial charge is 0.491 e. The van der Waals surface area contributed by atoms with Crippen LogP contribution in [-0.2, 0) is 33.3 Å². The van der Waals surface area contributed by atoms with Crippen LogP contribution in [0.3, 0.4) is 0 Å². The third-order valence-electron chi connectivity index (χ3n) is 8.86. The summed E-state index contributed by atoms with van der Waals surface area (Å²) in [4.78, 5) is 41.1. The topological polar surface area (TPSA) is 222 Å². The number of nitrogens with zero attached hydrogens (tertiary/aromatic N) is 2. The van der Waals surface area contributed by atoms with Crippen LogP contribution in [0.5, 0.6) is 5.75 Å². The SMILES string of the molecule is Cc1ccnc(NCCCC(=O)NCC(=O)N[C@@H](CC(=O)O)c2ccc(-c3ccc(OCCOCCOCCOCCOCCN(N)/C=C(\N)S)c4ccccc34)cc2)c1. The molecule has 0 saturated heterocycles. The molecule has 60 heavy (non-hydrogen) atoms. The first-order valence-electron chi connectivity index (χ1n) is 19.8. The average molecular weight is 848 g/mol. The number of hydrazine groups is 1. The second-order valence-electron chi connectivity index (χ2n) is 13.6. The summed E-state index contributed by atoms with van der Waals surface area (Å²) in [6.45, 7) is 6.55. The maximum absolute atomic E-state index is 12.8. The van der Waals surface area contributed by atoms with Gasteiger partial charge in [-0.25, -0.2) is 10.8 Å². The van der Waals surface area contributed by atoms with Crippen molar-refractivity contribution in [3.8, 4) is 16.9 Å². The first kappa shape index (κ1) is 47.3. The number of aliphatic carboxylic acids is 1. The van der Waals surface area contributed by atoms with E-state index in [1.54, 1.807) is 18.3 Å². The van der Waals surface area contributed by atoms with E-state index in [0.29, 0.717) is 89.6 Å². The second kappa shape index (κ2) is 26.6. The Bertz CT molecular complexity index is 1970. The van der Waals surface area contributed by atoms with E-state index < -0.39 is 17.9 Å². The molecule has 1 atom stereocenters. The third kappa shape index (κ3) is 17.8. The maximum Gasteiger partial charge on any atom is 0.305 e. The number of nitrogens with one attached hydrogen (secondary N) is 3. The Morgan fingerprint density at radius 1 is 0.850 bits per heavy atom. The van der Waals surface area contributed by atoms with Gasteiger partial charge in [0.25, 0.3) is 0 Å². The number of hydrogen-bond donors (Lipinski definition) is 7. The fourth-order valence-electron chi connectivity index (χ4n) is 5.96. The molecule has 2 amide bonds. The van der Waals surface area contributed by atoms with E-state index in [-0.39, 0.29) is 25.3 Å². The van der Waals surface area contributed by atoms with Crippen LogP contribution in [-0.4, -0.2) is 112 Å². The number of anilines is 1. The van der Waals surface area contributed by atoms with Crippen molar-refractivity contribution in [2.75, 3.05) is 84.4 Å². The Hall–Kier alpha value is -5.43. The van der Waals surface area contributed by atoms with Gasteiger partial charge >= 0.3 is 5.97 Å². The van der Waals surface area contributed by atoms with E-state index in [2.05, 4.69) is 33.6 Å². The fraction of sp³-hybridized carbons (Fsp3) is 0.395. The quantitative estimate of drug-likeness (QED) is 0.0177. The van der Waals surface area contributed by atoms with Gasteiger partial charge in [0.05, 0.1) is 83.4 Å². The number of hydrogen-bond acceptors (Lipinski definition) is 14. The molecule has 4 rings (SSSR count). The molecule has 16 nitrogen and oxygen atoms in total. The number of benzene rings is 3. The Kier molecular flexibility index (Phi) is 21.0. The smallest absolute Gasteiger partial charge is 0.305 e. The summed E-state index contributed by atoms with van der Waals surface area (Å²) in [5, 5.41) is 21.8. The van der Waals surface area contributed by atoms with Crippen LogP contribution in [0.15, 0.2) is 90.2 Å². The van der Waals surface area contributed by atoms with E-state index in [4.69, 9.17) is 35.3 Å². The standard InChI is InChI=1S/C43H57N7O9S/c1-31-14-16-47-40(27-31)46-15-4-7-41(51)48-29-42(52)49-37(28-43(53)54)33-10-8-32(9-11-33)34-12-13-38(36-6-3-2-5-35(34)36)59-26-25-58-24-23-57-22-21-56-20-19-55-18-17-50(45)30-39(44)60/h2-3,5-6,8-14,16,27,30,37,60H,4,7,15,17-26,28-29,44-45H2,1H3,(H,46,47)(H,48,51)(H,49,52)(H,53,54)/b39-30+/t37-/m0/s1. The first-order chi connectivity index (χ1) is 29.1. The van der Waals surface area contributed by atoms with Crippen molar-refractivity contribution >= 4 is 47.0 Å². The zero-order valence-corrected chi connectivity index (χ0v) is 34.9. The summed E-state index contributed by atoms with van der Waals surface area (Å²) in [7, 11) is 0. The number of rotatable bonds is 29. The number of aromatic nitrogens is 1. The molecular formula is C43H57N7O9S. The molecule has 0 unspecified atom stereocenters. The minimum absolute atomic E-state index is 0.221. The molecule has 1 aromatic heterocycles. The van der Waals surface area contributed by atoms with Crippen LogP contribution in [0.1, 0.15) is 36.4 Å². The van der Waals surface area contributed by atoms with Crippen LogP contribution in [0.25, 0.3) is 21.9 Å². The molecule has 4 aromatic rings. The molecule has 0 aliphatic rings. The fourth-order valence-corrected chi connectivity index (χ4v) is 6.11. The highest BCUT2D eigenvalue weighted by atomic mass is 32.1. The maximum atomic E-state index is 12.8. The number of carbonyl (C=O) groups excluding carboxylic acids is 2. The zero-order valence-electron chi connectivity index (χ0n) is 34.0. The lowest BCUT2D eigenvalue weighted by atomic mass is 9.95. The first-order valence-corrected chi connectivity index (χ1v) is 20.2. The van der Waals surface area contributed by atoms with Gasteiger partial charge in [0.15, 0.2) is 0 Å². The van der Waals surface area contributed by atoms with Crippen LogP contribution >= 0.6 is 12.6 Å². The van der Waals surface area contributed by atoms with Crippen molar-refractivity contribution in [3.05, 3.63) is 101 Å². The highest BCUT2D eigenvalue weighted by Crippen LogP contribution is 2.35. The van der Waals surface area contributed by atoms with Gasteiger partial charge in [-0.2, -0.15) is 0 Å². The summed E-state index contributed by atoms with van der Waals surface area (Å²) in [5.41, 5.74) is 9.03. The molecule has 0 spiro atoms. The molecule has 0 fully saturated rings. The number of fused-ring (bicyclic) bond motifs is 1. The van der Waals surface area contributed by atoms with E-state index in [0.717, 1.165) is 39.0 Å². The van der Waals surface area contributed by atoms with Crippen LogP contribution in [0.4, 0.5) is 5.82 Å². The number of pyridine rings is 1. The Balaban J connectivity index is 1.16. The lowest BCUT2D eigenvalue weighted by molar-refractivity contribution is -0.138. The molecule has 0 aliphatic carbocycles. The molecule has 17 heteroatoms. The summed E-state index contributed by atoms with van der Waals surface area (Å²) >= 11 is 3.96. The van der Waals surface area contributed by atoms with Crippen molar-refractivity contribution in [1.29, 1.82) is 0 Å². The molecule has 0 saturated carbocycles. The normalized spacial score (nSPS) is 11.9. The molecule has 1 heterocycles. The zero-order chi connectivity index (χ0) is 43.0. The molecule has 0 aliphatic heterocycles. The van der Waals surface area contributed by atoms with Gasteiger partial charge in [-0.3, -0.25) is 14.4 Å². The lowest BCUT2D eigenvalue weighted by Gasteiger charge is -2.19. The number of carboxylic acid groups (broad SMARTS) is 1.